The second kappa shape index (κ2) is 11.0. The first kappa shape index (κ1) is 25.9. The summed E-state index contributed by atoms with van der Waals surface area (Å²) in [5, 5.41) is 0. The Morgan fingerprint density at radius 1 is 1.25 bits per heavy atom. The summed E-state index contributed by atoms with van der Waals surface area (Å²) in [5.74, 6) is -0.267. The molecule has 11 heteroatoms. The topological polar surface area (TPSA) is 114 Å². The summed E-state index contributed by atoms with van der Waals surface area (Å²) in [6.45, 7) is 4.60. The van der Waals surface area contributed by atoms with Gasteiger partial charge >= 0.3 is 0 Å². The zero-order valence-electron chi connectivity index (χ0n) is 19.5. The second-order valence-electron chi connectivity index (χ2n) is 8.16. The van der Waals surface area contributed by atoms with Crippen LogP contribution < -0.4 is 9.46 Å². The van der Waals surface area contributed by atoms with Crippen molar-refractivity contribution in [3.63, 3.8) is 0 Å². The highest BCUT2D eigenvalue weighted by atomic mass is 32.2. The zero-order chi connectivity index (χ0) is 24.1. The molecule has 1 aromatic carbocycles. The number of benzene rings is 1. The van der Waals surface area contributed by atoms with Gasteiger partial charge in [-0.25, -0.2) is 8.42 Å². The van der Waals surface area contributed by atoms with Gasteiger partial charge < -0.3 is 24.0 Å². The summed E-state index contributed by atoms with van der Waals surface area (Å²) in [4.78, 5) is 29.1. The monoisotopic (exact) mass is 471 g/mol. The Kier molecular flexibility index (Phi) is 8.88. The van der Waals surface area contributed by atoms with E-state index >= 15 is 0 Å². The van der Waals surface area contributed by atoms with E-state index in [9.17, 15) is 18.0 Å². The maximum Gasteiger partial charge on any atom is 0.257 e. The number of nitrogens with zero attached hydrogens (tertiary/aromatic N) is 2. The Balaban J connectivity index is 2.47. The van der Waals surface area contributed by atoms with Gasteiger partial charge in [-0.2, -0.15) is 0 Å². The van der Waals surface area contributed by atoms with Crippen LogP contribution in [-0.4, -0.2) is 96.0 Å². The van der Waals surface area contributed by atoms with E-state index in [1.807, 2.05) is 13.8 Å². The molecule has 2 amide bonds. The average Bonchev–Trinajstić information content (AvgIpc) is 2.71. The minimum Gasteiger partial charge on any atom is -0.491 e. The lowest BCUT2D eigenvalue weighted by atomic mass is 10.0. The molecule has 1 aliphatic heterocycles. The molecule has 180 valence electrons. The van der Waals surface area contributed by atoms with Gasteiger partial charge in [0.1, 0.15) is 19.0 Å². The summed E-state index contributed by atoms with van der Waals surface area (Å²) in [6.07, 6.45) is 0.713. The minimum atomic E-state index is -3.52. The Morgan fingerprint density at radius 2 is 1.94 bits per heavy atom. The van der Waals surface area contributed by atoms with E-state index in [4.69, 9.17) is 14.2 Å². The largest absolute Gasteiger partial charge is 0.491 e. The molecule has 0 fully saturated rings. The van der Waals surface area contributed by atoms with Crippen molar-refractivity contribution >= 4 is 27.5 Å². The highest BCUT2D eigenvalue weighted by molar-refractivity contribution is 7.92. The van der Waals surface area contributed by atoms with E-state index in [1.165, 1.54) is 24.1 Å². The first-order valence-corrected chi connectivity index (χ1v) is 12.2. The van der Waals surface area contributed by atoms with Crippen molar-refractivity contribution in [2.24, 2.45) is 5.92 Å². The maximum absolute atomic E-state index is 13.2. The van der Waals surface area contributed by atoms with E-state index < -0.39 is 10.0 Å². The van der Waals surface area contributed by atoms with Crippen molar-refractivity contribution in [2.75, 3.05) is 58.5 Å². The van der Waals surface area contributed by atoms with Gasteiger partial charge in [0.15, 0.2) is 0 Å². The molecule has 0 bridgehead atoms. The molecule has 3 atom stereocenters. The van der Waals surface area contributed by atoms with Crippen LogP contribution in [-0.2, 0) is 24.3 Å². The lowest BCUT2D eigenvalue weighted by Gasteiger charge is -2.36. The number of anilines is 1. The van der Waals surface area contributed by atoms with Crippen LogP contribution in [0.25, 0.3) is 0 Å². The third-order valence-electron chi connectivity index (χ3n) is 5.34. The number of methoxy groups -OCH3 is 2. The highest BCUT2D eigenvalue weighted by Gasteiger charge is 2.30. The Morgan fingerprint density at radius 3 is 2.53 bits per heavy atom. The summed E-state index contributed by atoms with van der Waals surface area (Å²) in [7, 11) is 1.16. The van der Waals surface area contributed by atoms with Crippen molar-refractivity contribution in [1.82, 2.24) is 9.80 Å². The molecule has 0 saturated heterocycles. The van der Waals surface area contributed by atoms with Crippen molar-refractivity contribution in [3.8, 4) is 5.75 Å². The molecule has 1 aliphatic rings. The van der Waals surface area contributed by atoms with E-state index in [0.29, 0.717) is 12.3 Å². The number of hydrogen-bond donors (Lipinski definition) is 1. The molecule has 0 aliphatic carbocycles. The number of sulfonamides is 1. The number of hydrogen-bond acceptors (Lipinski definition) is 7. The Labute approximate surface area is 189 Å². The molecule has 32 heavy (non-hydrogen) atoms. The highest BCUT2D eigenvalue weighted by Crippen LogP contribution is 2.26. The van der Waals surface area contributed by atoms with Crippen LogP contribution in [0.15, 0.2) is 18.2 Å². The summed E-state index contributed by atoms with van der Waals surface area (Å²) >= 11 is 0. The fraction of sp³-hybridized carbons (Fsp3) is 0.619. The van der Waals surface area contributed by atoms with Gasteiger partial charge in [-0.1, -0.05) is 6.92 Å². The van der Waals surface area contributed by atoms with Gasteiger partial charge in [-0.05, 0) is 25.1 Å². The van der Waals surface area contributed by atoms with Gasteiger partial charge in [-0.15, -0.1) is 0 Å². The van der Waals surface area contributed by atoms with Crippen LogP contribution in [0, 0.1) is 5.92 Å². The molecule has 0 aromatic heterocycles. The fourth-order valence-electron chi connectivity index (χ4n) is 3.61. The third-order valence-corrected chi connectivity index (χ3v) is 5.94. The van der Waals surface area contributed by atoms with Crippen LogP contribution in [0.1, 0.15) is 24.2 Å². The van der Waals surface area contributed by atoms with Gasteiger partial charge in [0.25, 0.3) is 5.91 Å². The number of rotatable bonds is 5. The Hall–Kier alpha value is -2.37. The van der Waals surface area contributed by atoms with E-state index in [2.05, 4.69) is 4.72 Å². The van der Waals surface area contributed by atoms with Crippen LogP contribution in [0.3, 0.4) is 0 Å². The second-order valence-corrected chi connectivity index (χ2v) is 9.91. The predicted octanol–water partition coefficient (Wildman–Crippen LogP) is 1.04. The standard InChI is InChI=1S/C21H33N3O7S/c1-14-10-24(20(25)13-29-4)15(2)12-31-18-8-7-16(22-32(6,27)28)9-17(18)21(26)23(3)11-19(14)30-5/h7-9,14-15,19,22H,10-13H2,1-6H3/t14-,15-,19+/m1/s1. The van der Waals surface area contributed by atoms with Crippen molar-refractivity contribution < 1.29 is 32.2 Å². The molecular formula is C21H33N3O7S. The Bertz CT molecular complexity index is 922. The summed E-state index contributed by atoms with van der Waals surface area (Å²) in [5.41, 5.74) is 0.469. The first-order valence-electron chi connectivity index (χ1n) is 10.3. The molecule has 0 spiro atoms. The molecule has 0 unspecified atom stereocenters. The van der Waals surface area contributed by atoms with Gasteiger partial charge in [-0.3, -0.25) is 14.3 Å². The van der Waals surface area contributed by atoms with Crippen molar-refractivity contribution in [3.05, 3.63) is 23.8 Å². The fourth-order valence-corrected chi connectivity index (χ4v) is 4.16. The predicted molar refractivity (Wildman–Crippen MR) is 120 cm³/mol. The minimum absolute atomic E-state index is 0.0514. The van der Waals surface area contributed by atoms with E-state index in [-0.39, 0.29) is 60.9 Å². The number of carbonyl (C=O) groups is 2. The average molecular weight is 472 g/mol. The number of likely N-dealkylation sites (N-methyl/N-ethyl adjacent to an activating group) is 1. The van der Waals surface area contributed by atoms with Crippen molar-refractivity contribution in [2.45, 2.75) is 26.0 Å². The van der Waals surface area contributed by atoms with Crippen LogP contribution in [0.4, 0.5) is 5.69 Å². The molecule has 2 rings (SSSR count). The van der Waals surface area contributed by atoms with Crippen molar-refractivity contribution in [1.29, 1.82) is 0 Å². The van der Waals surface area contributed by atoms with Crippen LogP contribution in [0.2, 0.25) is 0 Å². The SMILES string of the molecule is COCC(=O)N1C[C@@H](C)[C@@H](OC)CN(C)C(=O)c2cc(NS(C)(=O)=O)ccc2OC[C@H]1C. The van der Waals surface area contributed by atoms with E-state index in [1.54, 1.807) is 25.1 Å². The van der Waals surface area contributed by atoms with Gasteiger partial charge in [0.05, 0.1) is 24.0 Å². The molecule has 0 radical (unpaired) electrons. The summed E-state index contributed by atoms with van der Waals surface area (Å²) in [6, 6.07) is 4.22. The smallest absolute Gasteiger partial charge is 0.257 e. The molecule has 0 saturated carbocycles. The number of amides is 2. The molecule has 1 N–H and O–H groups in total. The molecule has 1 aromatic rings. The molecule has 10 nitrogen and oxygen atoms in total. The lowest BCUT2D eigenvalue weighted by Crippen LogP contribution is -2.49. The quantitative estimate of drug-likeness (QED) is 0.682. The molecular weight excluding hydrogens is 438 g/mol. The third kappa shape index (κ3) is 6.81. The lowest BCUT2D eigenvalue weighted by molar-refractivity contribution is -0.139. The molecule has 1 heterocycles. The number of ether oxygens (including phenoxy) is 3. The van der Waals surface area contributed by atoms with Crippen LogP contribution in [0.5, 0.6) is 5.75 Å². The van der Waals surface area contributed by atoms with Gasteiger partial charge in [0.2, 0.25) is 15.9 Å². The zero-order valence-corrected chi connectivity index (χ0v) is 20.3. The van der Waals surface area contributed by atoms with E-state index in [0.717, 1.165) is 6.26 Å². The maximum atomic E-state index is 13.2. The first-order chi connectivity index (χ1) is 15.0. The number of fused-ring (bicyclic) bond motifs is 1. The number of nitrogens with one attached hydrogen (secondary N) is 1. The van der Waals surface area contributed by atoms with Crippen LogP contribution >= 0.6 is 0 Å². The normalized spacial score (nSPS) is 22.9. The van der Waals surface area contributed by atoms with Gasteiger partial charge in [0, 0.05) is 46.0 Å². The number of carbonyl (C=O) groups excluding carboxylic acids is 2. The summed E-state index contributed by atoms with van der Waals surface area (Å²) < 4.78 is 42.3.